The van der Waals surface area contributed by atoms with Crippen LogP contribution in [-0.4, -0.2) is 41.1 Å². The monoisotopic (exact) mass is 244 g/mol. The summed E-state index contributed by atoms with van der Waals surface area (Å²) in [4.78, 5) is 24.4. The highest BCUT2D eigenvalue weighted by Gasteiger charge is 2.33. The summed E-state index contributed by atoms with van der Waals surface area (Å²) in [5.41, 5.74) is -1.19. The molecule has 0 rings (SSSR count). The van der Waals surface area contributed by atoms with Crippen LogP contribution in [0, 0.1) is 5.92 Å². The molecular formula is C12H24N2O3. The normalized spacial score (nSPS) is 15.8. The third-order valence-electron chi connectivity index (χ3n) is 3.19. The van der Waals surface area contributed by atoms with Crippen LogP contribution >= 0.6 is 0 Å². The molecule has 0 saturated carbocycles. The summed E-state index contributed by atoms with van der Waals surface area (Å²) in [6.07, 6.45) is 1.34. The number of nitrogens with zero attached hydrogens (tertiary/aromatic N) is 1. The van der Waals surface area contributed by atoms with E-state index in [-0.39, 0.29) is 6.03 Å². The van der Waals surface area contributed by atoms with Gasteiger partial charge in [-0.3, -0.25) is 0 Å². The molecule has 0 aromatic rings. The van der Waals surface area contributed by atoms with Gasteiger partial charge in [-0.2, -0.15) is 0 Å². The molecule has 2 unspecified atom stereocenters. The topological polar surface area (TPSA) is 69.6 Å². The van der Waals surface area contributed by atoms with Crippen molar-refractivity contribution in [3.8, 4) is 0 Å². The predicted molar refractivity (Wildman–Crippen MR) is 66.9 cm³/mol. The van der Waals surface area contributed by atoms with Crippen LogP contribution < -0.4 is 5.32 Å². The van der Waals surface area contributed by atoms with Crippen molar-refractivity contribution in [3.63, 3.8) is 0 Å². The van der Waals surface area contributed by atoms with Gasteiger partial charge in [0, 0.05) is 13.6 Å². The van der Waals surface area contributed by atoms with E-state index in [4.69, 9.17) is 5.11 Å². The van der Waals surface area contributed by atoms with E-state index in [2.05, 4.69) is 19.2 Å². The molecular weight excluding hydrogens is 220 g/mol. The number of carboxylic acids is 1. The average molecular weight is 244 g/mol. The highest BCUT2D eigenvalue weighted by Crippen LogP contribution is 2.10. The maximum Gasteiger partial charge on any atom is 0.329 e. The van der Waals surface area contributed by atoms with Gasteiger partial charge in [0.2, 0.25) is 0 Å². The number of carbonyl (C=O) groups excluding carboxylic acids is 1. The summed E-state index contributed by atoms with van der Waals surface area (Å²) in [7, 11) is 1.68. The van der Waals surface area contributed by atoms with E-state index in [1.54, 1.807) is 14.0 Å². The van der Waals surface area contributed by atoms with Gasteiger partial charge in [0.05, 0.1) is 0 Å². The number of rotatable bonds is 6. The molecule has 5 nitrogen and oxygen atoms in total. The van der Waals surface area contributed by atoms with Gasteiger partial charge in [0.15, 0.2) is 0 Å². The molecule has 100 valence electrons. The Morgan fingerprint density at radius 2 is 1.94 bits per heavy atom. The van der Waals surface area contributed by atoms with Crippen molar-refractivity contribution >= 4 is 12.0 Å². The number of aliphatic carboxylic acids is 1. The van der Waals surface area contributed by atoms with Crippen molar-refractivity contribution in [2.45, 2.75) is 46.1 Å². The Labute approximate surface area is 103 Å². The second-order valence-corrected chi connectivity index (χ2v) is 4.81. The second-order valence-electron chi connectivity index (χ2n) is 4.81. The van der Waals surface area contributed by atoms with E-state index < -0.39 is 11.5 Å². The number of urea groups is 1. The highest BCUT2D eigenvalue weighted by atomic mass is 16.4. The van der Waals surface area contributed by atoms with Gasteiger partial charge in [-0.25, -0.2) is 9.59 Å². The summed E-state index contributed by atoms with van der Waals surface area (Å²) >= 11 is 0. The smallest absolute Gasteiger partial charge is 0.329 e. The molecule has 0 fully saturated rings. The van der Waals surface area contributed by atoms with Crippen LogP contribution in [0.2, 0.25) is 0 Å². The molecule has 2 amide bonds. The van der Waals surface area contributed by atoms with E-state index in [1.165, 1.54) is 11.8 Å². The molecule has 0 aromatic heterocycles. The van der Waals surface area contributed by atoms with Crippen LogP contribution in [0.4, 0.5) is 4.79 Å². The molecule has 2 N–H and O–H groups in total. The lowest BCUT2D eigenvalue weighted by molar-refractivity contribution is -0.143. The van der Waals surface area contributed by atoms with E-state index in [0.29, 0.717) is 18.9 Å². The summed E-state index contributed by atoms with van der Waals surface area (Å²) in [5, 5.41) is 11.6. The first-order valence-corrected chi connectivity index (χ1v) is 6.03. The molecule has 0 bridgehead atoms. The molecule has 0 aliphatic rings. The lowest BCUT2D eigenvalue weighted by atomic mass is 9.99. The van der Waals surface area contributed by atoms with Crippen LogP contribution in [0.1, 0.15) is 40.5 Å². The first kappa shape index (κ1) is 15.7. The van der Waals surface area contributed by atoms with Crippen LogP contribution in [0.15, 0.2) is 0 Å². The van der Waals surface area contributed by atoms with Gasteiger partial charge in [-0.05, 0) is 19.3 Å². The third kappa shape index (κ3) is 4.63. The number of nitrogens with one attached hydrogen (secondary N) is 1. The van der Waals surface area contributed by atoms with E-state index >= 15 is 0 Å². The Balaban J connectivity index is 4.47. The molecule has 5 heteroatoms. The minimum atomic E-state index is -1.19. The second kappa shape index (κ2) is 6.47. The van der Waals surface area contributed by atoms with Gasteiger partial charge in [0.1, 0.15) is 5.54 Å². The first-order valence-electron chi connectivity index (χ1n) is 6.03. The van der Waals surface area contributed by atoms with Crippen molar-refractivity contribution < 1.29 is 14.7 Å². The number of carbonyl (C=O) groups is 2. The quantitative estimate of drug-likeness (QED) is 0.750. The Hall–Kier alpha value is -1.26. The fourth-order valence-corrected chi connectivity index (χ4v) is 1.30. The summed E-state index contributed by atoms with van der Waals surface area (Å²) in [6, 6.07) is -0.336. The first-order chi connectivity index (χ1) is 7.76. The van der Waals surface area contributed by atoms with E-state index in [0.717, 1.165) is 6.42 Å². The van der Waals surface area contributed by atoms with Gasteiger partial charge in [-0.15, -0.1) is 0 Å². The maximum atomic E-state index is 11.8. The number of amides is 2. The molecule has 0 aliphatic heterocycles. The molecule has 2 atom stereocenters. The maximum absolute atomic E-state index is 11.8. The zero-order valence-electron chi connectivity index (χ0n) is 11.4. The van der Waals surface area contributed by atoms with Crippen molar-refractivity contribution in [2.24, 2.45) is 5.92 Å². The van der Waals surface area contributed by atoms with E-state index in [9.17, 15) is 9.59 Å². The summed E-state index contributed by atoms with van der Waals surface area (Å²) in [6.45, 7) is 8.00. The fraction of sp³-hybridized carbons (Fsp3) is 0.833. The molecule has 0 aliphatic carbocycles. The van der Waals surface area contributed by atoms with Crippen LogP contribution in [-0.2, 0) is 4.79 Å². The number of hydrogen-bond acceptors (Lipinski definition) is 2. The highest BCUT2D eigenvalue weighted by molar-refractivity contribution is 5.85. The molecule has 17 heavy (non-hydrogen) atoms. The van der Waals surface area contributed by atoms with Gasteiger partial charge < -0.3 is 15.3 Å². The Morgan fingerprint density at radius 3 is 2.29 bits per heavy atom. The third-order valence-corrected chi connectivity index (χ3v) is 3.19. The lowest BCUT2D eigenvalue weighted by Crippen LogP contribution is -2.55. The lowest BCUT2D eigenvalue weighted by Gasteiger charge is -2.29. The number of carboxylic acid groups (broad SMARTS) is 1. The van der Waals surface area contributed by atoms with Crippen molar-refractivity contribution in [1.29, 1.82) is 0 Å². The zero-order chi connectivity index (χ0) is 13.6. The van der Waals surface area contributed by atoms with Crippen molar-refractivity contribution in [2.75, 3.05) is 13.6 Å². The largest absolute Gasteiger partial charge is 0.480 e. The Morgan fingerprint density at radius 1 is 1.41 bits per heavy atom. The van der Waals surface area contributed by atoms with Crippen LogP contribution in [0.3, 0.4) is 0 Å². The SMILES string of the molecule is CCC(C)CN(C)C(=O)NC(C)(CC)C(=O)O. The van der Waals surface area contributed by atoms with Gasteiger partial charge in [-0.1, -0.05) is 27.2 Å². The average Bonchev–Trinajstić information content (AvgIpc) is 2.27. The molecule has 0 radical (unpaired) electrons. The minimum Gasteiger partial charge on any atom is -0.480 e. The van der Waals surface area contributed by atoms with Crippen molar-refractivity contribution in [1.82, 2.24) is 10.2 Å². The molecule has 0 aromatic carbocycles. The van der Waals surface area contributed by atoms with Crippen LogP contribution in [0.25, 0.3) is 0 Å². The standard InChI is InChI=1S/C12H24N2O3/c1-6-9(3)8-14(5)11(17)13-12(4,7-2)10(15)16/h9H,6-8H2,1-5H3,(H,13,17)(H,15,16). The Bertz CT molecular complexity index is 281. The molecule has 0 spiro atoms. The molecule has 0 heterocycles. The number of hydrogen-bond donors (Lipinski definition) is 2. The molecule has 0 saturated heterocycles. The van der Waals surface area contributed by atoms with Gasteiger partial charge >= 0.3 is 12.0 Å². The Kier molecular flexibility index (Phi) is 5.99. The minimum absolute atomic E-state index is 0.336. The van der Waals surface area contributed by atoms with E-state index in [1.807, 2.05) is 0 Å². The predicted octanol–water partition coefficient (Wildman–Crippen LogP) is 1.93. The van der Waals surface area contributed by atoms with Gasteiger partial charge in [0.25, 0.3) is 0 Å². The zero-order valence-corrected chi connectivity index (χ0v) is 11.4. The summed E-state index contributed by atoms with van der Waals surface area (Å²) in [5.74, 6) is -0.603. The fourth-order valence-electron chi connectivity index (χ4n) is 1.30. The van der Waals surface area contributed by atoms with Crippen LogP contribution in [0.5, 0.6) is 0 Å². The summed E-state index contributed by atoms with van der Waals surface area (Å²) < 4.78 is 0. The van der Waals surface area contributed by atoms with Crippen molar-refractivity contribution in [3.05, 3.63) is 0 Å².